The second kappa shape index (κ2) is 5.45. The van der Waals surface area contributed by atoms with Gasteiger partial charge in [0.05, 0.1) is 5.92 Å². The molecule has 0 aliphatic rings. The molecule has 74 valence electrons. The minimum Gasteiger partial charge on any atom is -0.481 e. The normalized spacial score (nSPS) is 10.1. The van der Waals surface area contributed by atoms with Gasteiger partial charge in [0.2, 0.25) is 0 Å². The molecule has 0 aromatic heterocycles. The Morgan fingerprint density at radius 3 is 1.92 bits per heavy atom. The van der Waals surface area contributed by atoms with E-state index in [9.17, 15) is 14.4 Å². The Hall–Kier alpha value is -1.19. The van der Waals surface area contributed by atoms with E-state index in [2.05, 4.69) is 0 Å². The van der Waals surface area contributed by atoms with Gasteiger partial charge in [0.15, 0.2) is 0 Å². The predicted octanol–water partition coefficient (Wildman–Crippen LogP) is 1.04. The maximum atomic E-state index is 10.9. The van der Waals surface area contributed by atoms with Crippen molar-refractivity contribution in [3.05, 3.63) is 0 Å². The van der Waals surface area contributed by atoms with Gasteiger partial charge in [0.25, 0.3) is 0 Å². The van der Waals surface area contributed by atoms with E-state index in [0.29, 0.717) is 12.8 Å². The Labute approximate surface area is 76.9 Å². The molecule has 13 heavy (non-hydrogen) atoms. The first kappa shape index (κ1) is 11.8. The molecular formula is C9H14O4. The van der Waals surface area contributed by atoms with E-state index in [4.69, 9.17) is 5.11 Å². The van der Waals surface area contributed by atoms with Crippen molar-refractivity contribution in [3.63, 3.8) is 0 Å². The highest BCUT2D eigenvalue weighted by atomic mass is 16.4. The number of ketones is 2. The standard InChI is InChI=1S/C9H14O4/c1-6(10)8(7(2)11)4-3-5-9(12)13/h8H,3-5H2,1-2H3,(H,12,13). The van der Waals surface area contributed by atoms with Crippen molar-refractivity contribution in [2.45, 2.75) is 33.1 Å². The summed E-state index contributed by atoms with van der Waals surface area (Å²) in [6.45, 7) is 2.71. The fourth-order valence-corrected chi connectivity index (χ4v) is 1.15. The van der Waals surface area contributed by atoms with Gasteiger partial charge in [-0.05, 0) is 26.7 Å². The van der Waals surface area contributed by atoms with Crippen molar-refractivity contribution in [2.75, 3.05) is 0 Å². The van der Waals surface area contributed by atoms with E-state index in [1.54, 1.807) is 0 Å². The van der Waals surface area contributed by atoms with Gasteiger partial charge in [-0.15, -0.1) is 0 Å². The van der Waals surface area contributed by atoms with E-state index >= 15 is 0 Å². The summed E-state index contributed by atoms with van der Waals surface area (Å²) in [4.78, 5) is 31.9. The first-order chi connectivity index (χ1) is 5.95. The van der Waals surface area contributed by atoms with Crippen LogP contribution in [0.4, 0.5) is 0 Å². The summed E-state index contributed by atoms with van der Waals surface area (Å²) in [5.74, 6) is -1.87. The molecule has 4 heteroatoms. The van der Waals surface area contributed by atoms with Crippen LogP contribution in [0.2, 0.25) is 0 Å². The van der Waals surface area contributed by atoms with Crippen LogP contribution < -0.4 is 0 Å². The van der Waals surface area contributed by atoms with E-state index in [0.717, 1.165) is 0 Å². The molecular weight excluding hydrogens is 172 g/mol. The van der Waals surface area contributed by atoms with Gasteiger partial charge >= 0.3 is 5.97 Å². The largest absolute Gasteiger partial charge is 0.481 e. The molecule has 4 nitrogen and oxygen atoms in total. The molecule has 0 aromatic carbocycles. The van der Waals surface area contributed by atoms with Crippen LogP contribution in [0.15, 0.2) is 0 Å². The lowest BCUT2D eigenvalue weighted by Gasteiger charge is -2.07. The highest BCUT2D eigenvalue weighted by Crippen LogP contribution is 2.10. The number of rotatable bonds is 6. The Balaban J connectivity index is 3.91. The summed E-state index contributed by atoms with van der Waals surface area (Å²) in [6.07, 6.45) is 0.729. The lowest BCUT2D eigenvalue weighted by atomic mass is 9.94. The maximum Gasteiger partial charge on any atom is 0.303 e. The summed E-state index contributed by atoms with van der Waals surface area (Å²) in [5.41, 5.74) is 0. The smallest absolute Gasteiger partial charge is 0.303 e. The molecule has 0 fully saturated rings. The van der Waals surface area contributed by atoms with Crippen molar-refractivity contribution in [1.29, 1.82) is 0 Å². The van der Waals surface area contributed by atoms with Crippen LogP contribution in [-0.2, 0) is 14.4 Å². The first-order valence-electron chi connectivity index (χ1n) is 4.18. The number of carboxylic acids is 1. The zero-order chi connectivity index (χ0) is 10.4. The van der Waals surface area contributed by atoms with Gasteiger partial charge in [0, 0.05) is 6.42 Å². The third-order valence-electron chi connectivity index (χ3n) is 1.86. The van der Waals surface area contributed by atoms with Gasteiger partial charge in [-0.1, -0.05) is 0 Å². The lowest BCUT2D eigenvalue weighted by molar-refractivity contribution is -0.138. The van der Waals surface area contributed by atoms with Crippen molar-refractivity contribution in [2.24, 2.45) is 5.92 Å². The molecule has 0 aromatic rings. The predicted molar refractivity (Wildman–Crippen MR) is 46.3 cm³/mol. The molecule has 1 N–H and O–H groups in total. The average molecular weight is 186 g/mol. The van der Waals surface area contributed by atoms with Crippen LogP contribution in [0.3, 0.4) is 0 Å². The SMILES string of the molecule is CC(=O)C(CCCC(=O)O)C(C)=O. The molecule has 0 radical (unpaired) electrons. The minimum atomic E-state index is -0.897. The zero-order valence-corrected chi connectivity index (χ0v) is 7.87. The molecule has 0 spiro atoms. The molecule has 0 bridgehead atoms. The van der Waals surface area contributed by atoms with E-state index in [-0.39, 0.29) is 18.0 Å². The first-order valence-corrected chi connectivity index (χ1v) is 4.18. The quantitative estimate of drug-likeness (QED) is 0.629. The Bertz CT molecular complexity index is 206. The molecule has 0 amide bonds. The molecule has 0 aliphatic carbocycles. The number of hydrogen-bond donors (Lipinski definition) is 1. The summed E-state index contributed by atoms with van der Waals surface area (Å²) in [5, 5.41) is 8.33. The Kier molecular flexibility index (Phi) is 4.96. The monoisotopic (exact) mass is 186 g/mol. The number of carbonyl (C=O) groups excluding carboxylic acids is 2. The molecule has 0 aliphatic heterocycles. The fourth-order valence-electron chi connectivity index (χ4n) is 1.15. The summed E-state index contributed by atoms with van der Waals surface area (Å²) >= 11 is 0. The topological polar surface area (TPSA) is 71.4 Å². The van der Waals surface area contributed by atoms with Crippen LogP contribution in [0, 0.1) is 5.92 Å². The van der Waals surface area contributed by atoms with Gasteiger partial charge < -0.3 is 5.11 Å². The maximum absolute atomic E-state index is 10.9. The number of Topliss-reactive ketones (excluding diaryl/α,β-unsaturated/α-hetero) is 2. The van der Waals surface area contributed by atoms with Crippen LogP contribution >= 0.6 is 0 Å². The van der Waals surface area contributed by atoms with Gasteiger partial charge in [-0.25, -0.2) is 0 Å². The number of aliphatic carboxylic acids is 1. The lowest BCUT2D eigenvalue weighted by Crippen LogP contribution is -2.19. The number of hydrogen-bond acceptors (Lipinski definition) is 3. The van der Waals surface area contributed by atoms with Gasteiger partial charge in [0.1, 0.15) is 11.6 Å². The van der Waals surface area contributed by atoms with Gasteiger partial charge in [-0.3, -0.25) is 14.4 Å². The van der Waals surface area contributed by atoms with E-state index in [1.165, 1.54) is 13.8 Å². The highest BCUT2D eigenvalue weighted by Gasteiger charge is 2.18. The van der Waals surface area contributed by atoms with Crippen LogP contribution in [0.1, 0.15) is 33.1 Å². The van der Waals surface area contributed by atoms with Crippen LogP contribution in [0.5, 0.6) is 0 Å². The summed E-state index contributed by atoms with van der Waals surface area (Å²) < 4.78 is 0. The molecule has 0 rings (SSSR count). The Morgan fingerprint density at radius 1 is 1.15 bits per heavy atom. The van der Waals surface area contributed by atoms with Crippen LogP contribution in [0.25, 0.3) is 0 Å². The van der Waals surface area contributed by atoms with Gasteiger partial charge in [-0.2, -0.15) is 0 Å². The molecule has 0 unspecified atom stereocenters. The molecule has 0 saturated heterocycles. The minimum absolute atomic E-state index is 0.0110. The van der Waals surface area contributed by atoms with Crippen molar-refractivity contribution < 1.29 is 19.5 Å². The fraction of sp³-hybridized carbons (Fsp3) is 0.667. The molecule has 0 heterocycles. The Morgan fingerprint density at radius 2 is 1.62 bits per heavy atom. The summed E-state index contributed by atoms with van der Waals surface area (Å²) in [6, 6.07) is 0. The van der Waals surface area contributed by atoms with Crippen molar-refractivity contribution in [1.82, 2.24) is 0 Å². The van der Waals surface area contributed by atoms with E-state index < -0.39 is 11.9 Å². The zero-order valence-electron chi connectivity index (χ0n) is 7.87. The number of carbonyl (C=O) groups is 3. The molecule has 0 saturated carbocycles. The molecule has 0 atom stereocenters. The summed E-state index contributed by atoms with van der Waals surface area (Å²) in [7, 11) is 0. The van der Waals surface area contributed by atoms with Crippen molar-refractivity contribution >= 4 is 17.5 Å². The third kappa shape index (κ3) is 5.11. The van der Waals surface area contributed by atoms with Crippen molar-refractivity contribution in [3.8, 4) is 0 Å². The highest BCUT2D eigenvalue weighted by molar-refractivity contribution is 6.00. The third-order valence-corrected chi connectivity index (χ3v) is 1.86. The number of carboxylic acid groups (broad SMARTS) is 1. The second-order valence-corrected chi connectivity index (χ2v) is 3.06. The van der Waals surface area contributed by atoms with Crippen LogP contribution in [-0.4, -0.2) is 22.6 Å². The second-order valence-electron chi connectivity index (χ2n) is 3.06. The van der Waals surface area contributed by atoms with E-state index in [1.807, 2.05) is 0 Å². The average Bonchev–Trinajstić information content (AvgIpc) is 1.95.